The lowest BCUT2D eigenvalue weighted by molar-refractivity contribution is 0.0275. The minimum atomic E-state index is -0.472. The van der Waals surface area contributed by atoms with Gasteiger partial charge in [0.25, 0.3) is 0 Å². The lowest BCUT2D eigenvalue weighted by atomic mass is 10.2. The van der Waals surface area contributed by atoms with E-state index in [0.29, 0.717) is 26.2 Å². The van der Waals surface area contributed by atoms with Crippen LogP contribution in [0.4, 0.5) is 4.79 Å². The summed E-state index contributed by atoms with van der Waals surface area (Å²) >= 11 is 0. The number of hydrogen-bond donors (Lipinski definition) is 1. The molecule has 122 valence electrons. The van der Waals surface area contributed by atoms with Gasteiger partial charge in [0.15, 0.2) is 0 Å². The first-order valence-corrected chi connectivity index (χ1v) is 7.62. The summed E-state index contributed by atoms with van der Waals surface area (Å²) in [6, 6.07) is 0.234. The molecule has 0 aromatic heterocycles. The number of rotatable bonds is 5. The SMILES string of the molecule is CCCC(COC)NC1=NCCN(C(=O)OC(C)(C)C)C1. The number of nitrogens with one attached hydrogen (secondary N) is 1. The van der Waals surface area contributed by atoms with Crippen LogP contribution >= 0.6 is 0 Å². The van der Waals surface area contributed by atoms with Crippen LogP contribution in [0.1, 0.15) is 40.5 Å². The summed E-state index contributed by atoms with van der Waals surface area (Å²) in [5, 5.41) is 3.38. The Labute approximate surface area is 127 Å². The second kappa shape index (κ2) is 8.22. The highest BCUT2D eigenvalue weighted by atomic mass is 16.6. The Kier molecular flexibility index (Phi) is 6.95. The highest BCUT2D eigenvalue weighted by Gasteiger charge is 2.25. The van der Waals surface area contributed by atoms with Crippen LogP contribution in [0.5, 0.6) is 0 Å². The predicted molar refractivity (Wildman–Crippen MR) is 83.8 cm³/mol. The molecule has 0 fully saturated rings. The Balaban J connectivity index is 2.54. The maximum absolute atomic E-state index is 12.1. The average molecular weight is 299 g/mol. The molecule has 1 unspecified atom stereocenters. The lowest BCUT2D eigenvalue weighted by Gasteiger charge is -2.31. The smallest absolute Gasteiger partial charge is 0.410 e. The summed E-state index contributed by atoms with van der Waals surface area (Å²) in [5.74, 6) is 0.836. The quantitative estimate of drug-likeness (QED) is 0.844. The maximum Gasteiger partial charge on any atom is 0.410 e. The number of amidine groups is 1. The van der Waals surface area contributed by atoms with E-state index in [1.807, 2.05) is 20.8 Å². The van der Waals surface area contributed by atoms with Crippen molar-refractivity contribution in [3.63, 3.8) is 0 Å². The van der Waals surface area contributed by atoms with Gasteiger partial charge in [-0.15, -0.1) is 0 Å². The van der Waals surface area contributed by atoms with Gasteiger partial charge in [-0.25, -0.2) is 4.79 Å². The summed E-state index contributed by atoms with van der Waals surface area (Å²) in [4.78, 5) is 18.2. The zero-order valence-corrected chi connectivity index (χ0v) is 13.9. The standard InChI is InChI=1S/C15H29N3O3/c1-6-7-12(11-20-5)17-13-10-18(9-8-16-13)14(19)21-15(2,3)4/h12H,6-11H2,1-5H3,(H,16,17). The summed E-state index contributed by atoms with van der Waals surface area (Å²) in [7, 11) is 1.69. The van der Waals surface area contributed by atoms with Gasteiger partial charge in [-0.05, 0) is 27.2 Å². The number of aliphatic imine (C=N–C) groups is 1. The molecule has 0 aromatic rings. The molecule has 0 saturated heterocycles. The second-order valence-electron chi connectivity index (χ2n) is 6.32. The Morgan fingerprint density at radius 1 is 1.48 bits per heavy atom. The monoisotopic (exact) mass is 299 g/mol. The molecule has 1 rings (SSSR count). The molecule has 21 heavy (non-hydrogen) atoms. The van der Waals surface area contributed by atoms with Gasteiger partial charge in [0.05, 0.1) is 25.7 Å². The maximum atomic E-state index is 12.1. The zero-order valence-electron chi connectivity index (χ0n) is 13.9. The van der Waals surface area contributed by atoms with Gasteiger partial charge in [0, 0.05) is 13.7 Å². The van der Waals surface area contributed by atoms with Crippen LogP contribution in [0.15, 0.2) is 4.99 Å². The third-order valence-corrected chi connectivity index (χ3v) is 3.04. The molecule has 0 spiro atoms. The number of nitrogens with zero attached hydrogens (tertiary/aromatic N) is 2. The van der Waals surface area contributed by atoms with E-state index in [-0.39, 0.29) is 12.1 Å². The van der Waals surface area contributed by atoms with Gasteiger partial charge in [0.2, 0.25) is 0 Å². The number of amides is 1. The zero-order chi connectivity index (χ0) is 15.9. The van der Waals surface area contributed by atoms with Crippen LogP contribution in [0.3, 0.4) is 0 Å². The number of ether oxygens (including phenoxy) is 2. The molecule has 0 bridgehead atoms. The molecule has 0 saturated carbocycles. The largest absolute Gasteiger partial charge is 0.444 e. The van der Waals surface area contributed by atoms with Gasteiger partial charge in [-0.3, -0.25) is 9.89 Å². The fraction of sp³-hybridized carbons (Fsp3) is 0.867. The number of carbonyl (C=O) groups excluding carboxylic acids is 1. The third-order valence-electron chi connectivity index (χ3n) is 3.04. The van der Waals surface area contributed by atoms with Crippen LogP contribution in [-0.2, 0) is 9.47 Å². The van der Waals surface area contributed by atoms with E-state index in [0.717, 1.165) is 18.7 Å². The minimum Gasteiger partial charge on any atom is -0.444 e. The molecule has 0 aromatic carbocycles. The van der Waals surface area contributed by atoms with Crippen molar-refractivity contribution in [3.8, 4) is 0 Å². The number of carbonyl (C=O) groups is 1. The average Bonchev–Trinajstić information content (AvgIpc) is 2.37. The number of methoxy groups -OCH3 is 1. The van der Waals surface area contributed by atoms with E-state index < -0.39 is 5.60 Å². The van der Waals surface area contributed by atoms with E-state index in [1.165, 1.54) is 0 Å². The first kappa shape index (κ1) is 17.8. The molecule has 1 atom stereocenters. The van der Waals surface area contributed by atoms with Gasteiger partial charge < -0.3 is 14.8 Å². The Hall–Kier alpha value is -1.30. The first-order chi connectivity index (χ1) is 9.85. The number of hydrogen-bond acceptors (Lipinski definition) is 5. The van der Waals surface area contributed by atoms with Crippen molar-refractivity contribution in [2.24, 2.45) is 4.99 Å². The Bertz CT molecular complexity index is 358. The highest BCUT2D eigenvalue weighted by Crippen LogP contribution is 2.11. The van der Waals surface area contributed by atoms with Crippen molar-refractivity contribution in [2.45, 2.75) is 52.2 Å². The van der Waals surface area contributed by atoms with Gasteiger partial charge in [-0.1, -0.05) is 13.3 Å². The van der Waals surface area contributed by atoms with E-state index in [4.69, 9.17) is 9.47 Å². The molecular formula is C15H29N3O3. The molecule has 0 radical (unpaired) electrons. The molecule has 0 aliphatic carbocycles. The molecule has 1 N–H and O–H groups in total. The van der Waals surface area contributed by atoms with Crippen LogP contribution in [0, 0.1) is 0 Å². The third kappa shape index (κ3) is 6.80. The first-order valence-electron chi connectivity index (χ1n) is 7.62. The molecule has 1 aliphatic rings. The molecular weight excluding hydrogens is 270 g/mol. The fourth-order valence-electron chi connectivity index (χ4n) is 2.17. The van der Waals surface area contributed by atoms with Crippen molar-refractivity contribution in [1.82, 2.24) is 10.2 Å². The molecule has 1 aliphatic heterocycles. The topological polar surface area (TPSA) is 63.2 Å². The predicted octanol–water partition coefficient (Wildman–Crippen LogP) is 2.04. The van der Waals surface area contributed by atoms with Crippen molar-refractivity contribution >= 4 is 11.9 Å². The second-order valence-corrected chi connectivity index (χ2v) is 6.32. The normalized spacial score (nSPS) is 17.2. The van der Waals surface area contributed by atoms with E-state index in [9.17, 15) is 4.79 Å². The van der Waals surface area contributed by atoms with Crippen LogP contribution in [-0.4, -0.2) is 61.8 Å². The van der Waals surface area contributed by atoms with E-state index >= 15 is 0 Å². The molecule has 1 amide bonds. The van der Waals surface area contributed by atoms with Crippen molar-refractivity contribution in [3.05, 3.63) is 0 Å². The summed E-state index contributed by atoms with van der Waals surface area (Å²) < 4.78 is 10.6. The van der Waals surface area contributed by atoms with Gasteiger partial charge >= 0.3 is 6.09 Å². The fourth-order valence-corrected chi connectivity index (χ4v) is 2.17. The van der Waals surface area contributed by atoms with Crippen LogP contribution in [0.2, 0.25) is 0 Å². The molecule has 1 heterocycles. The molecule has 6 nitrogen and oxygen atoms in total. The summed E-state index contributed by atoms with van der Waals surface area (Å²) in [6.07, 6.45) is 1.80. The highest BCUT2D eigenvalue weighted by molar-refractivity contribution is 5.88. The summed E-state index contributed by atoms with van der Waals surface area (Å²) in [6.45, 7) is 10.1. The minimum absolute atomic E-state index is 0.234. The Morgan fingerprint density at radius 2 is 2.19 bits per heavy atom. The van der Waals surface area contributed by atoms with Crippen molar-refractivity contribution < 1.29 is 14.3 Å². The van der Waals surface area contributed by atoms with E-state index in [1.54, 1.807) is 12.0 Å². The van der Waals surface area contributed by atoms with Crippen molar-refractivity contribution in [2.75, 3.05) is 33.4 Å². The lowest BCUT2D eigenvalue weighted by Crippen LogP contribution is -2.50. The van der Waals surface area contributed by atoms with Gasteiger partial charge in [0.1, 0.15) is 11.4 Å². The van der Waals surface area contributed by atoms with Crippen molar-refractivity contribution in [1.29, 1.82) is 0 Å². The Morgan fingerprint density at radius 3 is 2.76 bits per heavy atom. The summed E-state index contributed by atoms with van der Waals surface area (Å²) in [5.41, 5.74) is -0.472. The van der Waals surface area contributed by atoms with Crippen LogP contribution in [0.25, 0.3) is 0 Å². The van der Waals surface area contributed by atoms with Crippen LogP contribution < -0.4 is 5.32 Å². The molecule has 6 heteroatoms. The van der Waals surface area contributed by atoms with Gasteiger partial charge in [-0.2, -0.15) is 0 Å². The van der Waals surface area contributed by atoms with E-state index in [2.05, 4.69) is 17.2 Å².